The van der Waals surface area contributed by atoms with E-state index in [9.17, 15) is 4.79 Å². The summed E-state index contributed by atoms with van der Waals surface area (Å²) in [6, 6.07) is 14.6. The summed E-state index contributed by atoms with van der Waals surface area (Å²) in [6.45, 7) is 4.36. The molecule has 2 aromatic carbocycles. The minimum absolute atomic E-state index is 0.162. The molecule has 0 saturated carbocycles. The van der Waals surface area contributed by atoms with Crippen LogP contribution in [0.3, 0.4) is 0 Å². The first kappa shape index (κ1) is 17.7. The van der Waals surface area contributed by atoms with Gasteiger partial charge in [-0.05, 0) is 36.4 Å². The van der Waals surface area contributed by atoms with Crippen LogP contribution in [0.5, 0.6) is 5.75 Å². The molecule has 0 aliphatic carbocycles. The van der Waals surface area contributed by atoms with Gasteiger partial charge in [0.25, 0.3) is 5.91 Å². The number of hydrogen-bond acceptors (Lipinski definition) is 5. The summed E-state index contributed by atoms with van der Waals surface area (Å²) in [5, 5.41) is 8.91. The number of carbonyl (C=O) groups is 1. The molecule has 3 rings (SSSR count). The van der Waals surface area contributed by atoms with Gasteiger partial charge in [-0.3, -0.25) is 4.79 Å². The number of nitrogens with one attached hydrogen (secondary N) is 2. The van der Waals surface area contributed by atoms with Gasteiger partial charge in [-0.1, -0.05) is 18.2 Å². The molecule has 26 heavy (non-hydrogen) atoms. The third-order valence-electron chi connectivity index (χ3n) is 3.69. The highest BCUT2D eigenvalue weighted by molar-refractivity contribution is 7.14. The molecule has 6 heteroatoms. The van der Waals surface area contributed by atoms with Crippen molar-refractivity contribution in [1.82, 2.24) is 4.98 Å². The van der Waals surface area contributed by atoms with Crippen LogP contribution in [0.15, 0.2) is 66.6 Å². The van der Waals surface area contributed by atoms with E-state index in [-0.39, 0.29) is 5.91 Å². The first-order valence-corrected chi connectivity index (χ1v) is 8.93. The second kappa shape index (κ2) is 8.31. The van der Waals surface area contributed by atoms with Crippen LogP contribution in [-0.2, 0) is 0 Å². The monoisotopic (exact) mass is 365 g/mol. The number of nitrogens with zero attached hydrogens (tertiary/aromatic N) is 1. The SMILES string of the molecule is C=CCNc1nc(-c2ccc(NC(=O)c3ccc(OC)cc3)cc2)cs1. The van der Waals surface area contributed by atoms with Crippen LogP contribution in [0.25, 0.3) is 11.3 Å². The zero-order valence-corrected chi connectivity index (χ0v) is 15.2. The molecule has 5 nitrogen and oxygen atoms in total. The van der Waals surface area contributed by atoms with E-state index in [0.717, 1.165) is 27.8 Å². The van der Waals surface area contributed by atoms with Gasteiger partial charge < -0.3 is 15.4 Å². The number of ether oxygens (including phenoxy) is 1. The first-order valence-electron chi connectivity index (χ1n) is 8.05. The standard InChI is InChI=1S/C20H19N3O2S/c1-3-12-21-20-23-18(13-26-20)14-4-8-16(9-5-14)22-19(24)15-6-10-17(25-2)11-7-15/h3-11,13H,1,12H2,2H3,(H,21,23)(H,22,24). The molecule has 0 saturated heterocycles. The van der Waals surface area contributed by atoms with E-state index in [0.29, 0.717) is 12.1 Å². The minimum atomic E-state index is -0.162. The molecule has 0 unspecified atom stereocenters. The average Bonchev–Trinajstić information content (AvgIpc) is 3.16. The quantitative estimate of drug-likeness (QED) is 0.597. The largest absolute Gasteiger partial charge is 0.497 e. The van der Waals surface area contributed by atoms with Crippen molar-refractivity contribution < 1.29 is 9.53 Å². The summed E-state index contributed by atoms with van der Waals surface area (Å²) in [5.74, 6) is 0.557. The lowest BCUT2D eigenvalue weighted by atomic mass is 10.1. The molecule has 1 aromatic heterocycles. The van der Waals surface area contributed by atoms with Gasteiger partial charge in [0.1, 0.15) is 5.75 Å². The van der Waals surface area contributed by atoms with Crippen LogP contribution in [0.4, 0.5) is 10.8 Å². The van der Waals surface area contributed by atoms with E-state index in [4.69, 9.17) is 4.74 Å². The van der Waals surface area contributed by atoms with Crippen LogP contribution < -0.4 is 15.4 Å². The van der Waals surface area contributed by atoms with Crippen LogP contribution in [0.2, 0.25) is 0 Å². The lowest BCUT2D eigenvalue weighted by Gasteiger charge is -2.07. The van der Waals surface area contributed by atoms with Gasteiger partial charge in [-0.25, -0.2) is 4.98 Å². The second-order valence-corrected chi connectivity index (χ2v) is 6.33. The van der Waals surface area contributed by atoms with Gasteiger partial charge in [0, 0.05) is 28.7 Å². The van der Waals surface area contributed by atoms with Gasteiger partial charge in [-0.2, -0.15) is 0 Å². The summed E-state index contributed by atoms with van der Waals surface area (Å²) < 4.78 is 5.10. The Kier molecular flexibility index (Phi) is 5.66. The first-order chi connectivity index (χ1) is 12.7. The van der Waals surface area contributed by atoms with Crippen LogP contribution in [0.1, 0.15) is 10.4 Å². The summed E-state index contributed by atoms with van der Waals surface area (Å²) in [7, 11) is 1.59. The molecule has 0 spiro atoms. The highest BCUT2D eigenvalue weighted by Crippen LogP contribution is 2.26. The molecule has 132 valence electrons. The van der Waals surface area contributed by atoms with E-state index in [2.05, 4.69) is 22.2 Å². The number of hydrogen-bond donors (Lipinski definition) is 2. The molecule has 0 bridgehead atoms. The van der Waals surface area contributed by atoms with Crippen molar-refractivity contribution in [2.45, 2.75) is 0 Å². The van der Waals surface area contributed by atoms with Crippen LogP contribution in [0, 0.1) is 0 Å². The number of methoxy groups -OCH3 is 1. The third-order valence-corrected chi connectivity index (χ3v) is 4.49. The fourth-order valence-electron chi connectivity index (χ4n) is 2.32. The predicted molar refractivity (Wildman–Crippen MR) is 107 cm³/mol. The molecule has 1 amide bonds. The number of anilines is 2. The Balaban J connectivity index is 1.66. The molecule has 2 N–H and O–H groups in total. The Labute approximate surface area is 156 Å². The minimum Gasteiger partial charge on any atom is -0.497 e. The zero-order chi connectivity index (χ0) is 18.4. The van der Waals surface area contributed by atoms with E-state index in [1.54, 1.807) is 48.8 Å². The molecule has 1 heterocycles. The smallest absolute Gasteiger partial charge is 0.255 e. The van der Waals surface area contributed by atoms with Gasteiger partial charge in [0.05, 0.1) is 12.8 Å². The van der Waals surface area contributed by atoms with Crippen molar-refractivity contribution >= 4 is 28.1 Å². The van der Waals surface area contributed by atoms with Gasteiger partial charge in [0.15, 0.2) is 5.13 Å². The zero-order valence-electron chi connectivity index (χ0n) is 14.4. The lowest BCUT2D eigenvalue weighted by Crippen LogP contribution is -2.11. The van der Waals surface area contributed by atoms with Crippen molar-refractivity contribution in [1.29, 1.82) is 0 Å². The molecule has 0 atom stereocenters. The second-order valence-electron chi connectivity index (χ2n) is 5.47. The Morgan fingerprint density at radius 1 is 1.19 bits per heavy atom. The van der Waals surface area contributed by atoms with Crippen molar-refractivity contribution in [2.24, 2.45) is 0 Å². The van der Waals surface area contributed by atoms with E-state index in [1.807, 2.05) is 29.6 Å². The third kappa shape index (κ3) is 4.29. The molecular formula is C20H19N3O2S. The van der Waals surface area contributed by atoms with Crippen molar-refractivity contribution in [3.63, 3.8) is 0 Å². The number of carbonyl (C=O) groups excluding carboxylic acids is 1. The Hall–Kier alpha value is -3.12. The van der Waals surface area contributed by atoms with E-state index in [1.165, 1.54) is 0 Å². The van der Waals surface area contributed by atoms with Gasteiger partial charge in [0.2, 0.25) is 0 Å². The molecule has 0 fully saturated rings. The lowest BCUT2D eigenvalue weighted by molar-refractivity contribution is 0.102. The predicted octanol–water partition coefficient (Wildman–Crippen LogP) is 4.67. The average molecular weight is 365 g/mol. The maximum atomic E-state index is 12.3. The van der Waals surface area contributed by atoms with Crippen molar-refractivity contribution in [3.8, 4) is 17.0 Å². The highest BCUT2D eigenvalue weighted by atomic mass is 32.1. The summed E-state index contributed by atoms with van der Waals surface area (Å²) in [4.78, 5) is 16.8. The topological polar surface area (TPSA) is 63.2 Å². The normalized spacial score (nSPS) is 10.2. The molecule has 0 aliphatic rings. The number of benzene rings is 2. The Morgan fingerprint density at radius 2 is 1.92 bits per heavy atom. The van der Waals surface area contributed by atoms with E-state index < -0.39 is 0 Å². The summed E-state index contributed by atoms with van der Waals surface area (Å²) in [5.41, 5.74) is 3.20. The van der Waals surface area contributed by atoms with E-state index >= 15 is 0 Å². The molecule has 0 radical (unpaired) electrons. The Morgan fingerprint density at radius 3 is 2.58 bits per heavy atom. The van der Waals surface area contributed by atoms with Crippen molar-refractivity contribution in [3.05, 3.63) is 72.1 Å². The van der Waals surface area contributed by atoms with Crippen LogP contribution in [-0.4, -0.2) is 24.5 Å². The summed E-state index contributed by atoms with van der Waals surface area (Å²) >= 11 is 1.55. The molecule has 0 aliphatic heterocycles. The fourth-order valence-corrected chi connectivity index (χ4v) is 3.05. The molecule has 3 aromatic rings. The Bertz CT molecular complexity index is 886. The molecular weight excluding hydrogens is 346 g/mol. The highest BCUT2D eigenvalue weighted by Gasteiger charge is 2.08. The summed E-state index contributed by atoms with van der Waals surface area (Å²) in [6.07, 6.45) is 1.79. The van der Waals surface area contributed by atoms with Gasteiger partial charge >= 0.3 is 0 Å². The van der Waals surface area contributed by atoms with Crippen molar-refractivity contribution in [2.75, 3.05) is 24.3 Å². The van der Waals surface area contributed by atoms with Crippen LogP contribution >= 0.6 is 11.3 Å². The number of thiazole rings is 1. The number of amides is 1. The maximum Gasteiger partial charge on any atom is 0.255 e. The fraction of sp³-hybridized carbons (Fsp3) is 0.100. The maximum absolute atomic E-state index is 12.3. The van der Waals surface area contributed by atoms with Gasteiger partial charge in [-0.15, -0.1) is 17.9 Å². The number of rotatable bonds is 7. The number of aromatic nitrogens is 1.